The lowest BCUT2D eigenvalue weighted by Gasteiger charge is -2.06. The van der Waals surface area contributed by atoms with Crippen molar-refractivity contribution in [3.63, 3.8) is 0 Å². The second kappa shape index (κ2) is 5.82. The maximum Gasteiger partial charge on any atom is 0.434 e. The fourth-order valence-electron chi connectivity index (χ4n) is 1.34. The summed E-state index contributed by atoms with van der Waals surface area (Å²) < 4.78 is 38.3. The van der Waals surface area contributed by atoms with Crippen LogP contribution in [0.25, 0.3) is 0 Å². The van der Waals surface area contributed by atoms with Gasteiger partial charge in [-0.3, -0.25) is 0 Å². The summed E-state index contributed by atoms with van der Waals surface area (Å²) in [5.74, 6) is 0.0801. The van der Waals surface area contributed by atoms with E-state index in [9.17, 15) is 13.2 Å². The standard InChI is InChI=1S/C11H17F3N2S/c1-4-7(3)10-16-9(11(12,13)14)8(17-10)6-15-5-2/h7,15H,4-6H2,1-3H3. The van der Waals surface area contributed by atoms with E-state index >= 15 is 0 Å². The molecular weight excluding hydrogens is 249 g/mol. The molecule has 98 valence electrons. The maximum atomic E-state index is 12.8. The van der Waals surface area contributed by atoms with Gasteiger partial charge in [-0.15, -0.1) is 11.3 Å². The summed E-state index contributed by atoms with van der Waals surface area (Å²) in [5, 5.41) is 3.49. The van der Waals surface area contributed by atoms with E-state index in [4.69, 9.17) is 0 Å². The molecule has 6 heteroatoms. The number of thiazole rings is 1. The monoisotopic (exact) mass is 266 g/mol. The molecule has 0 fully saturated rings. The van der Waals surface area contributed by atoms with Gasteiger partial charge < -0.3 is 5.32 Å². The minimum absolute atomic E-state index is 0.0801. The van der Waals surface area contributed by atoms with Gasteiger partial charge in [-0.1, -0.05) is 20.8 Å². The van der Waals surface area contributed by atoms with Gasteiger partial charge in [0.2, 0.25) is 0 Å². The molecule has 0 aliphatic rings. The van der Waals surface area contributed by atoms with Crippen LogP contribution in [0.4, 0.5) is 13.2 Å². The van der Waals surface area contributed by atoms with Gasteiger partial charge in [-0.2, -0.15) is 13.2 Å². The lowest BCUT2D eigenvalue weighted by Crippen LogP contribution is -2.15. The summed E-state index contributed by atoms with van der Waals surface area (Å²) >= 11 is 1.17. The summed E-state index contributed by atoms with van der Waals surface area (Å²) in [7, 11) is 0. The molecule has 1 aromatic heterocycles. The third kappa shape index (κ3) is 3.67. The molecule has 0 aliphatic heterocycles. The van der Waals surface area contributed by atoms with Gasteiger partial charge in [0, 0.05) is 12.5 Å². The SMILES string of the molecule is CCNCc1sc(C(C)CC)nc1C(F)(F)F. The number of hydrogen-bond acceptors (Lipinski definition) is 3. The molecule has 1 aromatic rings. The van der Waals surface area contributed by atoms with Crippen molar-refractivity contribution in [1.29, 1.82) is 0 Å². The Kier molecular flexibility index (Phi) is 4.94. The zero-order valence-corrected chi connectivity index (χ0v) is 11.0. The molecule has 0 aliphatic carbocycles. The van der Waals surface area contributed by atoms with Crippen molar-refractivity contribution in [3.05, 3.63) is 15.6 Å². The smallest absolute Gasteiger partial charge is 0.312 e. The largest absolute Gasteiger partial charge is 0.434 e. The average molecular weight is 266 g/mol. The minimum Gasteiger partial charge on any atom is -0.312 e. The predicted octanol–water partition coefficient (Wildman–Crippen LogP) is 3.78. The zero-order chi connectivity index (χ0) is 13.1. The molecule has 0 spiro atoms. The van der Waals surface area contributed by atoms with Crippen LogP contribution in [-0.2, 0) is 12.7 Å². The van der Waals surface area contributed by atoms with Crippen LogP contribution in [0, 0.1) is 0 Å². The van der Waals surface area contributed by atoms with Crippen LogP contribution in [-0.4, -0.2) is 11.5 Å². The van der Waals surface area contributed by atoms with E-state index in [1.807, 2.05) is 20.8 Å². The Bertz CT molecular complexity index is 360. The molecule has 0 saturated heterocycles. The van der Waals surface area contributed by atoms with Crippen LogP contribution in [0.3, 0.4) is 0 Å². The molecule has 1 unspecified atom stereocenters. The molecule has 1 rings (SSSR count). The molecule has 0 saturated carbocycles. The van der Waals surface area contributed by atoms with E-state index in [1.165, 1.54) is 11.3 Å². The average Bonchev–Trinajstić information content (AvgIpc) is 2.69. The first kappa shape index (κ1) is 14.4. The first-order chi connectivity index (χ1) is 7.90. The van der Waals surface area contributed by atoms with Crippen molar-refractivity contribution in [2.75, 3.05) is 6.54 Å². The Balaban J connectivity index is 3.03. The first-order valence-electron chi connectivity index (χ1n) is 5.67. The zero-order valence-electron chi connectivity index (χ0n) is 10.2. The molecule has 17 heavy (non-hydrogen) atoms. The lowest BCUT2D eigenvalue weighted by molar-refractivity contribution is -0.141. The Labute approximate surface area is 103 Å². The topological polar surface area (TPSA) is 24.9 Å². The predicted molar refractivity (Wildman–Crippen MR) is 63.2 cm³/mol. The van der Waals surface area contributed by atoms with Gasteiger partial charge in [0.15, 0.2) is 5.69 Å². The Morgan fingerprint density at radius 2 is 2.00 bits per heavy atom. The van der Waals surface area contributed by atoms with Crippen LogP contribution in [0.5, 0.6) is 0 Å². The van der Waals surface area contributed by atoms with Crippen molar-refractivity contribution < 1.29 is 13.2 Å². The third-order valence-corrected chi connectivity index (χ3v) is 3.84. The number of nitrogens with one attached hydrogen (secondary N) is 1. The highest BCUT2D eigenvalue weighted by Crippen LogP contribution is 2.36. The van der Waals surface area contributed by atoms with Gasteiger partial charge in [0.1, 0.15) is 0 Å². The highest BCUT2D eigenvalue weighted by molar-refractivity contribution is 7.11. The number of rotatable bonds is 5. The van der Waals surface area contributed by atoms with Crippen molar-refractivity contribution in [3.8, 4) is 0 Å². The lowest BCUT2D eigenvalue weighted by atomic mass is 10.1. The highest BCUT2D eigenvalue weighted by Gasteiger charge is 2.37. The Morgan fingerprint density at radius 3 is 2.47 bits per heavy atom. The molecule has 1 heterocycles. The van der Waals surface area contributed by atoms with E-state index in [1.54, 1.807) is 0 Å². The third-order valence-electron chi connectivity index (χ3n) is 2.55. The van der Waals surface area contributed by atoms with Crippen molar-refractivity contribution in [2.24, 2.45) is 0 Å². The normalized spacial score (nSPS) is 14.0. The highest BCUT2D eigenvalue weighted by atomic mass is 32.1. The van der Waals surface area contributed by atoms with Crippen LogP contribution in [0.1, 0.15) is 48.7 Å². The van der Waals surface area contributed by atoms with Gasteiger partial charge >= 0.3 is 6.18 Å². The number of halogens is 3. The molecule has 0 amide bonds. The Hall–Kier alpha value is -0.620. The number of hydrogen-bond donors (Lipinski definition) is 1. The molecule has 0 aromatic carbocycles. The summed E-state index contributed by atoms with van der Waals surface area (Å²) in [4.78, 5) is 4.05. The fraction of sp³-hybridized carbons (Fsp3) is 0.727. The number of nitrogens with zero attached hydrogens (tertiary/aromatic N) is 1. The second-order valence-corrected chi connectivity index (χ2v) is 5.03. The summed E-state index contributed by atoms with van der Waals surface area (Å²) in [6.07, 6.45) is -3.56. The molecule has 0 radical (unpaired) electrons. The number of aromatic nitrogens is 1. The fourth-order valence-corrected chi connectivity index (χ4v) is 2.52. The molecule has 1 atom stereocenters. The van der Waals surface area contributed by atoms with Crippen LogP contribution in [0.15, 0.2) is 0 Å². The van der Waals surface area contributed by atoms with Crippen LogP contribution < -0.4 is 5.32 Å². The van der Waals surface area contributed by atoms with E-state index < -0.39 is 11.9 Å². The summed E-state index contributed by atoms with van der Waals surface area (Å²) in [5.41, 5.74) is -0.723. The molecular formula is C11H17F3N2S. The van der Waals surface area contributed by atoms with Crippen LogP contribution >= 0.6 is 11.3 Å². The second-order valence-electron chi connectivity index (χ2n) is 3.91. The van der Waals surface area contributed by atoms with E-state index in [0.717, 1.165) is 6.42 Å². The van der Waals surface area contributed by atoms with Crippen molar-refractivity contribution in [2.45, 2.75) is 45.8 Å². The molecule has 1 N–H and O–H groups in total. The van der Waals surface area contributed by atoms with Crippen LogP contribution in [0.2, 0.25) is 0 Å². The van der Waals surface area contributed by atoms with Gasteiger partial charge in [0.25, 0.3) is 0 Å². The molecule has 2 nitrogen and oxygen atoms in total. The van der Waals surface area contributed by atoms with Crippen molar-refractivity contribution in [1.82, 2.24) is 10.3 Å². The molecule has 0 bridgehead atoms. The first-order valence-corrected chi connectivity index (χ1v) is 6.49. The minimum atomic E-state index is -4.35. The van der Waals surface area contributed by atoms with Gasteiger partial charge in [0.05, 0.1) is 9.88 Å². The van der Waals surface area contributed by atoms with E-state index in [0.29, 0.717) is 11.6 Å². The van der Waals surface area contributed by atoms with E-state index in [2.05, 4.69) is 10.3 Å². The Morgan fingerprint density at radius 1 is 1.35 bits per heavy atom. The number of alkyl halides is 3. The van der Waals surface area contributed by atoms with Crippen molar-refractivity contribution >= 4 is 11.3 Å². The van der Waals surface area contributed by atoms with E-state index in [-0.39, 0.29) is 17.3 Å². The maximum absolute atomic E-state index is 12.8. The quantitative estimate of drug-likeness (QED) is 0.877. The summed E-state index contributed by atoms with van der Waals surface area (Å²) in [6, 6.07) is 0. The van der Waals surface area contributed by atoms with Gasteiger partial charge in [-0.25, -0.2) is 4.98 Å². The summed E-state index contributed by atoms with van der Waals surface area (Å²) in [6.45, 7) is 6.59. The van der Waals surface area contributed by atoms with Gasteiger partial charge in [-0.05, 0) is 13.0 Å².